The zero-order valence-electron chi connectivity index (χ0n) is 12.8. The van der Waals surface area contributed by atoms with E-state index in [1.165, 1.54) is 0 Å². The molecule has 2 rings (SSSR count). The van der Waals surface area contributed by atoms with E-state index in [-0.39, 0.29) is 29.1 Å². The van der Waals surface area contributed by atoms with Crippen LogP contribution in [-0.2, 0) is 14.3 Å². The summed E-state index contributed by atoms with van der Waals surface area (Å²) in [5.41, 5.74) is -0.575. The second-order valence-electron chi connectivity index (χ2n) is 6.40. The summed E-state index contributed by atoms with van der Waals surface area (Å²) in [4.78, 5) is 23.6. The van der Waals surface area contributed by atoms with Crippen LogP contribution in [0.25, 0.3) is 0 Å². The molecule has 1 aliphatic carbocycles. The van der Waals surface area contributed by atoms with Crippen molar-refractivity contribution < 1.29 is 24.2 Å². The van der Waals surface area contributed by atoms with Gasteiger partial charge in [0.1, 0.15) is 5.60 Å². The summed E-state index contributed by atoms with van der Waals surface area (Å²) in [7, 11) is 0. The second-order valence-corrected chi connectivity index (χ2v) is 7.61. The van der Waals surface area contributed by atoms with Gasteiger partial charge in [-0.2, -0.15) is 11.8 Å². The SMILES string of the molecule is CCOC(=O)[C@H]1CS[C@@H]2[C@H](NC(=O)OC(C)(C)C)[C@H](O)[C@@H]21. The molecule has 1 saturated heterocycles. The van der Waals surface area contributed by atoms with Crippen molar-refractivity contribution >= 4 is 23.8 Å². The van der Waals surface area contributed by atoms with E-state index in [0.717, 1.165) is 0 Å². The molecule has 0 radical (unpaired) electrons. The summed E-state index contributed by atoms with van der Waals surface area (Å²) in [5, 5.41) is 13.0. The van der Waals surface area contributed by atoms with E-state index >= 15 is 0 Å². The lowest BCUT2D eigenvalue weighted by molar-refractivity contribution is -0.153. The maximum atomic E-state index is 11.8. The zero-order chi connectivity index (χ0) is 15.8. The summed E-state index contributed by atoms with van der Waals surface area (Å²) in [5.74, 6) is -0.0644. The molecule has 2 fully saturated rings. The first-order chi connectivity index (χ1) is 9.74. The van der Waals surface area contributed by atoms with E-state index in [9.17, 15) is 14.7 Å². The summed E-state index contributed by atoms with van der Waals surface area (Å²) < 4.78 is 10.2. The fraction of sp³-hybridized carbons (Fsp3) is 0.857. The standard InChI is InChI=1S/C14H23NO5S/c1-5-19-12(17)7-6-21-11-8(7)10(16)9(11)15-13(18)20-14(2,3)4/h7-11,16H,5-6H2,1-4H3,(H,15,18)/t7-,8-,9+,10+,11-/m0/s1. The van der Waals surface area contributed by atoms with E-state index in [1.807, 2.05) is 0 Å². The van der Waals surface area contributed by atoms with Gasteiger partial charge in [-0.25, -0.2) is 4.79 Å². The quantitative estimate of drug-likeness (QED) is 0.760. The number of alkyl carbamates (subject to hydrolysis) is 1. The molecule has 1 heterocycles. The molecule has 6 nitrogen and oxygen atoms in total. The van der Waals surface area contributed by atoms with Crippen LogP contribution in [0, 0.1) is 11.8 Å². The van der Waals surface area contributed by atoms with Gasteiger partial charge in [-0.05, 0) is 27.7 Å². The highest BCUT2D eigenvalue weighted by atomic mass is 32.2. The Hall–Kier alpha value is -0.950. The molecule has 2 aliphatic rings. The molecule has 21 heavy (non-hydrogen) atoms. The van der Waals surface area contributed by atoms with Crippen molar-refractivity contribution in [1.29, 1.82) is 0 Å². The minimum atomic E-state index is -0.730. The van der Waals surface area contributed by atoms with Gasteiger partial charge in [0.2, 0.25) is 0 Å². The molecule has 0 aromatic carbocycles. The lowest BCUT2D eigenvalue weighted by Gasteiger charge is -2.46. The molecule has 1 aliphatic heterocycles. The van der Waals surface area contributed by atoms with Crippen molar-refractivity contribution in [3.63, 3.8) is 0 Å². The summed E-state index contributed by atoms with van der Waals surface area (Å²) in [6.45, 7) is 7.46. The predicted octanol–water partition coefficient (Wildman–Crippen LogP) is 1.17. The van der Waals surface area contributed by atoms with E-state index in [2.05, 4.69) is 5.32 Å². The van der Waals surface area contributed by atoms with Crippen LogP contribution in [0.3, 0.4) is 0 Å². The Morgan fingerprint density at radius 3 is 2.62 bits per heavy atom. The molecular weight excluding hydrogens is 294 g/mol. The van der Waals surface area contributed by atoms with Gasteiger partial charge in [-0.1, -0.05) is 0 Å². The van der Waals surface area contributed by atoms with Gasteiger partial charge >= 0.3 is 12.1 Å². The number of fused-ring (bicyclic) bond motifs is 1. The molecule has 7 heteroatoms. The van der Waals surface area contributed by atoms with Crippen LogP contribution < -0.4 is 5.32 Å². The lowest BCUT2D eigenvalue weighted by atomic mass is 9.70. The molecule has 1 saturated carbocycles. The van der Waals surface area contributed by atoms with Crippen LogP contribution in [0.15, 0.2) is 0 Å². The van der Waals surface area contributed by atoms with Crippen molar-refractivity contribution in [3.8, 4) is 0 Å². The van der Waals surface area contributed by atoms with Crippen molar-refractivity contribution in [1.82, 2.24) is 5.32 Å². The number of carbonyl (C=O) groups excluding carboxylic acids is 2. The third-order valence-corrected chi connectivity index (χ3v) is 5.25. The molecule has 0 spiro atoms. The highest BCUT2D eigenvalue weighted by Gasteiger charge is 2.60. The molecule has 0 aromatic heterocycles. The average molecular weight is 317 g/mol. The normalized spacial score (nSPS) is 34.6. The van der Waals surface area contributed by atoms with Gasteiger partial charge in [-0.15, -0.1) is 0 Å². The van der Waals surface area contributed by atoms with Gasteiger partial charge in [0.25, 0.3) is 0 Å². The molecular formula is C14H23NO5S. The first-order valence-electron chi connectivity index (χ1n) is 7.20. The fourth-order valence-corrected chi connectivity index (χ4v) is 4.61. The number of aliphatic hydroxyl groups excluding tert-OH is 1. The van der Waals surface area contributed by atoms with E-state index < -0.39 is 17.8 Å². The smallest absolute Gasteiger partial charge is 0.408 e. The maximum absolute atomic E-state index is 11.8. The summed E-state index contributed by atoms with van der Waals surface area (Å²) in [6.07, 6.45) is -1.27. The van der Waals surface area contributed by atoms with Crippen molar-refractivity contribution in [2.45, 2.75) is 50.7 Å². The molecule has 0 bridgehead atoms. The Bertz CT molecular complexity index is 422. The largest absolute Gasteiger partial charge is 0.466 e. The Labute approximate surface area is 128 Å². The topological polar surface area (TPSA) is 84.9 Å². The Kier molecular flexibility index (Phi) is 4.72. The van der Waals surface area contributed by atoms with Crippen LogP contribution in [0.1, 0.15) is 27.7 Å². The molecule has 1 amide bonds. The molecule has 2 N–H and O–H groups in total. The summed E-state index contributed by atoms with van der Waals surface area (Å²) in [6, 6.07) is -0.366. The third-order valence-electron chi connectivity index (χ3n) is 3.70. The van der Waals surface area contributed by atoms with Gasteiger partial charge in [0, 0.05) is 16.9 Å². The van der Waals surface area contributed by atoms with Crippen LogP contribution >= 0.6 is 11.8 Å². The number of thioether (sulfide) groups is 1. The number of esters is 1. The van der Waals surface area contributed by atoms with Gasteiger partial charge < -0.3 is 19.9 Å². The number of aliphatic hydroxyl groups is 1. The van der Waals surface area contributed by atoms with Crippen molar-refractivity contribution in [2.75, 3.05) is 12.4 Å². The van der Waals surface area contributed by atoms with Crippen molar-refractivity contribution in [2.24, 2.45) is 11.8 Å². The minimum absolute atomic E-state index is 0.0434. The van der Waals surface area contributed by atoms with E-state index in [1.54, 1.807) is 39.5 Å². The first kappa shape index (κ1) is 16.4. The number of amides is 1. The highest BCUT2D eigenvalue weighted by molar-refractivity contribution is 8.00. The first-order valence-corrected chi connectivity index (χ1v) is 8.25. The summed E-state index contributed by atoms with van der Waals surface area (Å²) >= 11 is 1.60. The number of rotatable bonds is 3. The Morgan fingerprint density at radius 1 is 1.38 bits per heavy atom. The number of hydrogen-bond donors (Lipinski definition) is 2. The number of hydrogen-bond acceptors (Lipinski definition) is 6. The van der Waals surface area contributed by atoms with Crippen LogP contribution in [0.4, 0.5) is 4.79 Å². The monoisotopic (exact) mass is 317 g/mol. The lowest BCUT2D eigenvalue weighted by Crippen LogP contribution is -2.66. The Balaban J connectivity index is 1.90. The zero-order valence-corrected chi connectivity index (χ0v) is 13.6. The molecule has 120 valence electrons. The van der Waals surface area contributed by atoms with Gasteiger partial charge in [0.05, 0.1) is 24.7 Å². The average Bonchev–Trinajstić information content (AvgIpc) is 2.74. The molecule has 0 unspecified atom stereocenters. The number of carbonyl (C=O) groups is 2. The van der Waals surface area contributed by atoms with Crippen LogP contribution in [-0.4, -0.2) is 52.5 Å². The van der Waals surface area contributed by atoms with Crippen LogP contribution in [0.2, 0.25) is 0 Å². The van der Waals surface area contributed by atoms with Gasteiger partial charge in [-0.3, -0.25) is 4.79 Å². The number of nitrogens with one attached hydrogen (secondary N) is 1. The van der Waals surface area contributed by atoms with E-state index in [0.29, 0.717) is 12.4 Å². The van der Waals surface area contributed by atoms with Gasteiger partial charge in [0.15, 0.2) is 0 Å². The second kappa shape index (κ2) is 6.04. The highest BCUT2D eigenvalue weighted by Crippen LogP contribution is 2.50. The Morgan fingerprint density at radius 2 is 2.05 bits per heavy atom. The molecule has 5 atom stereocenters. The minimum Gasteiger partial charge on any atom is -0.466 e. The fourth-order valence-electron chi connectivity index (χ4n) is 2.82. The van der Waals surface area contributed by atoms with Crippen LogP contribution in [0.5, 0.6) is 0 Å². The maximum Gasteiger partial charge on any atom is 0.408 e. The van der Waals surface area contributed by atoms with E-state index in [4.69, 9.17) is 9.47 Å². The molecule has 0 aromatic rings. The third kappa shape index (κ3) is 3.45. The van der Waals surface area contributed by atoms with Crippen molar-refractivity contribution in [3.05, 3.63) is 0 Å². The predicted molar refractivity (Wildman–Crippen MR) is 79.0 cm³/mol. The number of ether oxygens (including phenoxy) is 2.